The van der Waals surface area contributed by atoms with Gasteiger partial charge < -0.3 is 19.5 Å². The van der Waals surface area contributed by atoms with Gasteiger partial charge in [-0.1, -0.05) is 54.0 Å². The van der Waals surface area contributed by atoms with Crippen LogP contribution in [0, 0.1) is 17.3 Å². The van der Waals surface area contributed by atoms with Crippen LogP contribution in [0.3, 0.4) is 0 Å². The highest BCUT2D eigenvalue weighted by atomic mass is 16.5. The van der Waals surface area contributed by atoms with Crippen molar-refractivity contribution in [3.63, 3.8) is 0 Å². The Labute approximate surface area is 173 Å². The van der Waals surface area contributed by atoms with Crippen LogP contribution in [-0.2, 0) is 19.0 Å². The molecule has 0 aliphatic carbocycles. The van der Waals surface area contributed by atoms with E-state index in [9.17, 15) is 4.79 Å². The van der Waals surface area contributed by atoms with Crippen LogP contribution in [0.2, 0.25) is 0 Å². The van der Waals surface area contributed by atoms with Crippen molar-refractivity contribution in [1.29, 1.82) is 0 Å². The highest BCUT2D eigenvalue weighted by Gasteiger charge is 2.28. The van der Waals surface area contributed by atoms with Crippen molar-refractivity contribution < 1.29 is 19.0 Å². The summed E-state index contributed by atoms with van der Waals surface area (Å²) >= 11 is 0. The van der Waals surface area contributed by atoms with Gasteiger partial charge in [-0.3, -0.25) is 4.79 Å². The SMILES string of the molecule is C=C(CCC(C)CCC(C)C)OCC(C)(COC)COC(=O)CCNCCC. The van der Waals surface area contributed by atoms with Crippen LogP contribution in [0.4, 0.5) is 0 Å². The minimum atomic E-state index is -0.381. The van der Waals surface area contributed by atoms with Gasteiger partial charge in [0.05, 0.1) is 30.8 Å². The number of esters is 1. The number of carbonyl (C=O) groups is 1. The van der Waals surface area contributed by atoms with Gasteiger partial charge in [-0.05, 0) is 31.2 Å². The van der Waals surface area contributed by atoms with E-state index in [4.69, 9.17) is 14.2 Å². The molecule has 0 amide bonds. The summed E-state index contributed by atoms with van der Waals surface area (Å²) in [6.45, 7) is 17.7. The molecule has 0 bridgehead atoms. The third-order valence-corrected chi connectivity index (χ3v) is 4.78. The first-order chi connectivity index (χ1) is 13.2. The van der Waals surface area contributed by atoms with Crippen molar-refractivity contribution in [2.75, 3.05) is 40.0 Å². The van der Waals surface area contributed by atoms with E-state index in [0.717, 1.165) is 37.5 Å². The molecule has 2 unspecified atom stereocenters. The average molecular weight is 400 g/mol. The summed E-state index contributed by atoms with van der Waals surface area (Å²) in [7, 11) is 1.65. The van der Waals surface area contributed by atoms with Crippen LogP contribution in [-0.4, -0.2) is 46.0 Å². The molecule has 5 nitrogen and oxygen atoms in total. The molecule has 0 aromatic rings. The smallest absolute Gasteiger partial charge is 0.307 e. The normalized spacial score (nSPS) is 14.5. The molecule has 0 fully saturated rings. The minimum Gasteiger partial charge on any atom is -0.498 e. The molecule has 0 spiro atoms. The van der Waals surface area contributed by atoms with Crippen molar-refractivity contribution >= 4 is 5.97 Å². The van der Waals surface area contributed by atoms with E-state index >= 15 is 0 Å². The summed E-state index contributed by atoms with van der Waals surface area (Å²) in [4.78, 5) is 11.9. The monoisotopic (exact) mass is 399 g/mol. The summed E-state index contributed by atoms with van der Waals surface area (Å²) in [5.41, 5.74) is -0.381. The standard InChI is InChI=1S/C23H45NO4/c1-8-14-24-15-13-22(25)28-18-23(6,16-26-7)17-27-21(5)12-11-20(4)10-9-19(2)3/h19-20,24H,5,8-18H2,1-4,6-7H3. The number of hydrogen-bond donors (Lipinski definition) is 1. The number of allylic oxidation sites excluding steroid dienone is 1. The Balaban J connectivity index is 4.21. The van der Waals surface area contributed by atoms with Crippen LogP contribution in [0.5, 0.6) is 0 Å². The quantitative estimate of drug-likeness (QED) is 0.201. The van der Waals surface area contributed by atoms with Gasteiger partial charge in [0.15, 0.2) is 0 Å². The lowest BCUT2D eigenvalue weighted by atomic mass is 9.94. The molecule has 2 atom stereocenters. The number of rotatable bonds is 18. The molecule has 28 heavy (non-hydrogen) atoms. The van der Waals surface area contributed by atoms with Crippen LogP contribution < -0.4 is 5.32 Å². The van der Waals surface area contributed by atoms with E-state index in [-0.39, 0.29) is 18.0 Å². The molecule has 1 N–H and O–H groups in total. The Morgan fingerprint density at radius 2 is 1.68 bits per heavy atom. The minimum absolute atomic E-state index is 0.191. The molecule has 0 aliphatic rings. The number of carbonyl (C=O) groups excluding carboxylic acids is 1. The summed E-state index contributed by atoms with van der Waals surface area (Å²) < 4.78 is 16.7. The lowest BCUT2D eigenvalue weighted by Gasteiger charge is -2.28. The Bertz CT molecular complexity index is 425. The lowest BCUT2D eigenvalue weighted by molar-refractivity contribution is -0.149. The van der Waals surface area contributed by atoms with Gasteiger partial charge >= 0.3 is 5.97 Å². The van der Waals surface area contributed by atoms with E-state index in [1.165, 1.54) is 12.8 Å². The van der Waals surface area contributed by atoms with Gasteiger partial charge in [-0.25, -0.2) is 0 Å². The van der Waals surface area contributed by atoms with Crippen molar-refractivity contribution in [3.8, 4) is 0 Å². The van der Waals surface area contributed by atoms with Gasteiger partial charge in [0, 0.05) is 20.1 Å². The molecule has 0 aromatic carbocycles. The Kier molecular flexibility index (Phi) is 15.2. The number of ether oxygens (including phenoxy) is 3. The molecule has 0 saturated heterocycles. The maximum Gasteiger partial charge on any atom is 0.307 e. The zero-order valence-electron chi connectivity index (χ0n) is 19.3. The van der Waals surface area contributed by atoms with Crippen LogP contribution in [0.25, 0.3) is 0 Å². The number of methoxy groups -OCH3 is 1. The first-order valence-corrected chi connectivity index (χ1v) is 10.9. The van der Waals surface area contributed by atoms with Gasteiger partial charge in [-0.2, -0.15) is 0 Å². The maximum atomic E-state index is 11.9. The first-order valence-electron chi connectivity index (χ1n) is 10.9. The zero-order chi connectivity index (χ0) is 21.4. The number of nitrogens with one attached hydrogen (secondary N) is 1. The molecule has 0 saturated carbocycles. The number of hydrogen-bond acceptors (Lipinski definition) is 5. The summed E-state index contributed by atoms with van der Waals surface area (Å²) in [5.74, 6) is 2.04. The average Bonchev–Trinajstić information content (AvgIpc) is 2.65. The second-order valence-corrected chi connectivity index (χ2v) is 8.85. The Morgan fingerprint density at radius 3 is 2.29 bits per heavy atom. The van der Waals surface area contributed by atoms with E-state index in [1.807, 2.05) is 6.92 Å². The van der Waals surface area contributed by atoms with Gasteiger partial charge in [0.2, 0.25) is 0 Å². The van der Waals surface area contributed by atoms with Crippen LogP contribution in [0.15, 0.2) is 12.3 Å². The Morgan fingerprint density at radius 1 is 1.00 bits per heavy atom. The molecule has 0 heterocycles. The predicted molar refractivity (Wildman–Crippen MR) is 116 cm³/mol. The van der Waals surface area contributed by atoms with Gasteiger partial charge in [0.1, 0.15) is 6.61 Å². The highest BCUT2D eigenvalue weighted by Crippen LogP contribution is 2.23. The molecule has 166 valence electrons. The second kappa shape index (κ2) is 15.8. The molecule has 0 radical (unpaired) electrons. The second-order valence-electron chi connectivity index (χ2n) is 8.85. The maximum absolute atomic E-state index is 11.9. The lowest BCUT2D eigenvalue weighted by Crippen LogP contribution is -2.35. The predicted octanol–water partition coefficient (Wildman–Crippen LogP) is 4.95. The molecule has 5 heteroatoms. The van der Waals surface area contributed by atoms with Crippen molar-refractivity contribution in [2.24, 2.45) is 17.3 Å². The molecule has 0 aliphatic heterocycles. The van der Waals surface area contributed by atoms with Crippen LogP contribution >= 0.6 is 0 Å². The summed E-state index contributed by atoms with van der Waals surface area (Å²) in [6.07, 6.45) is 5.90. The molecule has 0 rings (SSSR count). The van der Waals surface area contributed by atoms with Crippen LogP contribution in [0.1, 0.15) is 73.1 Å². The molecular formula is C23H45NO4. The highest BCUT2D eigenvalue weighted by molar-refractivity contribution is 5.69. The Hall–Kier alpha value is -1.07. The van der Waals surface area contributed by atoms with E-state index in [2.05, 4.69) is 39.6 Å². The van der Waals surface area contributed by atoms with Crippen molar-refractivity contribution in [1.82, 2.24) is 5.32 Å². The van der Waals surface area contributed by atoms with Gasteiger partial charge in [-0.15, -0.1) is 0 Å². The van der Waals surface area contributed by atoms with E-state index in [0.29, 0.717) is 32.1 Å². The topological polar surface area (TPSA) is 56.8 Å². The largest absolute Gasteiger partial charge is 0.498 e. The van der Waals surface area contributed by atoms with E-state index in [1.54, 1.807) is 7.11 Å². The fraction of sp³-hybridized carbons (Fsp3) is 0.870. The molecular weight excluding hydrogens is 354 g/mol. The zero-order valence-corrected chi connectivity index (χ0v) is 19.3. The first kappa shape index (κ1) is 26.9. The summed E-state index contributed by atoms with van der Waals surface area (Å²) in [6, 6.07) is 0. The van der Waals surface area contributed by atoms with Gasteiger partial charge in [0.25, 0.3) is 0 Å². The van der Waals surface area contributed by atoms with Crippen molar-refractivity contribution in [3.05, 3.63) is 12.3 Å². The molecule has 0 aromatic heterocycles. The third-order valence-electron chi connectivity index (χ3n) is 4.78. The third kappa shape index (κ3) is 14.9. The van der Waals surface area contributed by atoms with E-state index < -0.39 is 0 Å². The van der Waals surface area contributed by atoms with Crippen molar-refractivity contribution in [2.45, 2.75) is 73.1 Å². The fourth-order valence-electron chi connectivity index (χ4n) is 2.81. The fourth-order valence-corrected chi connectivity index (χ4v) is 2.81. The summed E-state index contributed by atoms with van der Waals surface area (Å²) in [5, 5.41) is 3.20.